The van der Waals surface area contributed by atoms with Gasteiger partial charge >= 0.3 is 0 Å². The smallest absolute Gasteiger partial charge is 0.138 e. The van der Waals surface area contributed by atoms with Crippen molar-refractivity contribution in [3.05, 3.63) is 28.3 Å². The van der Waals surface area contributed by atoms with Crippen LogP contribution in [0.15, 0.2) is 12.9 Å². The molecule has 0 bridgehead atoms. The van der Waals surface area contributed by atoms with Gasteiger partial charge in [0.1, 0.15) is 9.79 Å². The van der Waals surface area contributed by atoms with Crippen LogP contribution in [0.5, 0.6) is 0 Å². The van der Waals surface area contributed by atoms with Crippen LogP contribution in [0.1, 0.15) is 12.5 Å². The lowest BCUT2D eigenvalue weighted by atomic mass is 10.2. The number of H-pyrrole nitrogens is 1. The number of hydrogen-bond donors (Lipinski definition) is 1. The van der Waals surface area contributed by atoms with Crippen molar-refractivity contribution in [2.75, 3.05) is 0 Å². The van der Waals surface area contributed by atoms with E-state index in [-0.39, 0.29) is 0 Å². The molecule has 1 heterocycles. The molecule has 0 saturated heterocycles. The normalized spacial score (nSPS) is 9.64. The number of allylic oxidation sites excluding steroid dienone is 1. The van der Waals surface area contributed by atoms with Crippen molar-refractivity contribution in [3.8, 4) is 0 Å². The van der Waals surface area contributed by atoms with Gasteiger partial charge in [0.2, 0.25) is 0 Å². The minimum absolute atomic E-state index is 0.487. The maximum atomic E-state index is 5.80. The van der Waals surface area contributed by atoms with E-state index in [9.17, 15) is 0 Å². The van der Waals surface area contributed by atoms with Gasteiger partial charge in [0.25, 0.3) is 0 Å². The zero-order valence-electron chi connectivity index (χ0n) is 6.02. The highest BCUT2D eigenvalue weighted by molar-refractivity contribution is 7.71. The molecule has 1 rings (SSSR count). The third-order valence-corrected chi connectivity index (χ3v) is 1.84. The molecule has 0 spiro atoms. The molecular formula is C7H7ClN2S. The van der Waals surface area contributed by atoms with E-state index in [0.717, 1.165) is 11.1 Å². The lowest BCUT2D eigenvalue weighted by molar-refractivity contribution is 1.13. The first-order valence-corrected chi connectivity index (χ1v) is 3.80. The summed E-state index contributed by atoms with van der Waals surface area (Å²) < 4.78 is 0.487. The molecule has 58 valence electrons. The molecule has 0 aromatic carbocycles. The quantitative estimate of drug-likeness (QED) is 0.540. The highest BCUT2D eigenvalue weighted by Crippen LogP contribution is 2.19. The van der Waals surface area contributed by atoms with Gasteiger partial charge in [-0.2, -0.15) is 0 Å². The Hall–Kier alpha value is -0.670. The Kier molecular flexibility index (Phi) is 2.42. The van der Waals surface area contributed by atoms with Crippen molar-refractivity contribution in [3.63, 3.8) is 0 Å². The molecule has 2 nitrogen and oxygen atoms in total. The lowest BCUT2D eigenvalue weighted by Crippen LogP contribution is -1.88. The summed E-state index contributed by atoms with van der Waals surface area (Å²) in [5, 5.41) is 0.498. The third kappa shape index (κ3) is 1.67. The van der Waals surface area contributed by atoms with Crippen molar-refractivity contribution in [1.29, 1.82) is 0 Å². The Morgan fingerprint density at radius 1 is 1.82 bits per heavy atom. The summed E-state index contributed by atoms with van der Waals surface area (Å²) in [6.07, 6.45) is 1.47. The van der Waals surface area contributed by atoms with Gasteiger partial charge in [-0.1, -0.05) is 30.4 Å². The molecule has 0 fully saturated rings. The van der Waals surface area contributed by atoms with E-state index in [0.29, 0.717) is 9.79 Å². The van der Waals surface area contributed by atoms with Crippen LogP contribution >= 0.6 is 23.8 Å². The third-order valence-electron chi connectivity index (χ3n) is 1.23. The van der Waals surface area contributed by atoms with Crippen molar-refractivity contribution < 1.29 is 0 Å². The Morgan fingerprint density at radius 2 is 2.45 bits per heavy atom. The lowest BCUT2D eigenvalue weighted by Gasteiger charge is -2.00. The summed E-state index contributed by atoms with van der Waals surface area (Å²) in [5.41, 5.74) is 1.55. The SMILES string of the molecule is C=C(C)c1c(Cl)[nH]cnc1=S. The maximum Gasteiger partial charge on any atom is 0.138 e. The van der Waals surface area contributed by atoms with E-state index in [2.05, 4.69) is 16.5 Å². The summed E-state index contributed by atoms with van der Waals surface area (Å²) in [6, 6.07) is 0. The fourth-order valence-corrected chi connectivity index (χ4v) is 1.43. The van der Waals surface area contributed by atoms with Gasteiger partial charge in [-0.25, -0.2) is 4.98 Å². The van der Waals surface area contributed by atoms with E-state index in [4.69, 9.17) is 23.8 Å². The van der Waals surface area contributed by atoms with Crippen molar-refractivity contribution in [1.82, 2.24) is 9.97 Å². The first-order valence-electron chi connectivity index (χ1n) is 3.02. The number of aromatic nitrogens is 2. The number of halogens is 1. The average molecular weight is 187 g/mol. The second-order valence-corrected chi connectivity index (χ2v) is 2.94. The molecule has 4 heteroatoms. The molecule has 0 aliphatic heterocycles. The molecule has 1 aromatic rings. The zero-order chi connectivity index (χ0) is 8.43. The van der Waals surface area contributed by atoms with Crippen molar-refractivity contribution >= 4 is 29.4 Å². The highest BCUT2D eigenvalue weighted by Gasteiger charge is 2.02. The number of nitrogens with one attached hydrogen (secondary N) is 1. The second-order valence-electron chi connectivity index (χ2n) is 2.18. The van der Waals surface area contributed by atoms with E-state index in [1.807, 2.05) is 6.92 Å². The van der Waals surface area contributed by atoms with Crippen LogP contribution in [0.4, 0.5) is 0 Å². The fraction of sp³-hybridized carbons (Fsp3) is 0.143. The van der Waals surface area contributed by atoms with Crippen molar-refractivity contribution in [2.24, 2.45) is 0 Å². The Bertz CT molecular complexity index is 343. The van der Waals surface area contributed by atoms with Crippen LogP contribution in [0.3, 0.4) is 0 Å². The molecule has 0 radical (unpaired) electrons. The molecule has 1 aromatic heterocycles. The monoisotopic (exact) mass is 186 g/mol. The minimum atomic E-state index is 0.487. The predicted molar refractivity (Wildman–Crippen MR) is 49.1 cm³/mol. The van der Waals surface area contributed by atoms with E-state index < -0.39 is 0 Å². The second kappa shape index (κ2) is 3.15. The van der Waals surface area contributed by atoms with E-state index in [1.54, 1.807) is 0 Å². The van der Waals surface area contributed by atoms with Gasteiger partial charge < -0.3 is 4.98 Å². The first-order chi connectivity index (χ1) is 5.13. The zero-order valence-corrected chi connectivity index (χ0v) is 7.59. The van der Waals surface area contributed by atoms with Crippen LogP contribution in [0.25, 0.3) is 5.57 Å². The topological polar surface area (TPSA) is 28.7 Å². The molecule has 0 saturated carbocycles. The molecule has 0 aliphatic carbocycles. The summed E-state index contributed by atoms with van der Waals surface area (Å²) in [6.45, 7) is 5.58. The number of rotatable bonds is 1. The number of hydrogen-bond acceptors (Lipinski definition) is 2. The predicted octanol–water partition coefficient (Wildman–Crippen LogP) is 2.83. The molecular weight excluding hydrogens is 180 g/mol. The largest absolute Gasteiger partial charge is 0.336 e. The Balaban J connectivity index is 3.45. The number of aromatic amines is 1. The van der Waals surface area contributed by atoms with Gasteiger partial charge in [-0.05, 0) is 12.5 Å². The standard InChI is InChI=1S/C7H7ClN2S/c1-4(2)5-6(8)9-3-10-7(5)11/h3H,1H2,2H3,(H,9,10,11). The Labute approximate surface area is 74.9 Å². The average Bonchev–Trinajstić information content (AvgIpc) is 1.85. The molecule has 0 aliphatic rings. The van der Waals surface area contributed by atoms with Crippen LogP contribution in [0.2, 0.25) is 5.15 Å². The number of nitrogens with zero attached hydrogens (tertiary/aromatic N) is 1. The van der Waals surface area contributed by atoms with Crippen LogP contribution < -0.4 is 0 Å². The van der Waals surface area contributed by atoms with Crippen LogP contribution in [-0.4, -0.2) is 9.97 Å². The summed E-state index contributed by atoms with van der Waals surface area (Å²) in [7, 11) is 0. The highest BCUT2D eigenvalue weighted by atomic mass is 35.5. The van der Waals surface area contributed by atoms with Gasteiger partial charge in [-0.3, -0.25) is 0 Å². The molecule has 0 unspecified atom stereocenters. The molecule has 11 heavy (non-hydrogen) atoms. The summed E-state index contributed by atoms with van der Waals surface area (Å²) in [5.74, 6) is 0. The molecule has 1 N–H and O–H groups in total. The minimum Gasteiger partial charge on any atom is -0.336 e. The van der Waals surface area contributed by atoms with Crippen molar-refractivity contribution in [2.45, 2.75) is 6.92 Å². The van der Waals surface area contributed by atoms with Crippen LogP contribution in [-0.2, 0) is 0 Å². The van der Waals surface area contributed by atoms with E-state index >= 15 is 0 Å². The van der Waals surface area contributed by atoms with Gasteiger partial charge in [0, 0.05) is 5.56 Å². The van der Waals surface area contributed by atoms with Gasteiger partial charge in [0.15, 0.2) is 0 Å². The fourth-order valence-electron chi connectivity index (χ4n) is 0.748. The van der Waals surface area contributed by atoms with Gasteiger partial charge in [0.05, 0.1) is 6.33 Å². The van der Waals surface area contributed by atoms with Crippen LogP contribution in [0, 0.1) is 4.64 Å². The van der Waals surface area contributed by atoms with E-state index in [1.165, 1.54) is 6.33 Å². The maximum absolute atomic E-state index is 5.80. The summed E-state index contributed by atoms with van der Waals surface area (Å²) in [4.78, 5) is 6.62. The molecule has 0 amide bonds. The Morgan fingerprint density at radius 3 is 2.82 bits per heavy atom. The first kappa shape index (κ1) is 8.43. The summed E-state index contributed by atoms with van der Waals surface area (Å²) >= 11 is 10.7. The van der Waals surface area contributed by atoms with Gasteiger partial charge in [-0.15, -0.1) is 0 Å². The molecule has 0 atom stereocenters.